The van der Waals surface area contributed by atoms with Crippen LogP contribution in [0.4, 0.5) is 0 Å². The molecule has 1 heterocycles. The molecule has 1 aromatic heterocycles. The Labute approximate surface area is 138 Å². The minimum absolute atomic E-state index is 0.0447. The number of carbonyl (C=O) groups is 1. The predicted molar refractivity (Wildman–Crippen MR) is 90.0 cm³/mol. The number of H-pyrrole nitrogens is 1. The number of rotatable bonds is 5. The van der Waals surface area contributed by atoms with E-state index in [-0.39, 0.29) is 12.2 Å². The van der Waals surface area contributed by atoms with Crippen molar-refractivity contribution in [3.8, 4) is 5.75 Å². The molecule has 0 fully saturated rings. The van der Waals surface area contributed by atoms with E-state index in [4.69, 9.17) is 9.84 Å². The Balaban J connectivity index is 1.72. The number of carboxylic acids is 1. The van der Waals surface area contributed by atoms with E-state index in [1.165, 1.54) is 0 Å². The lowest BCUT2D eigenvalue weighted by atomic mass is 9.97. The zero-order valence-corrected chi connectivity index (χ0v) is 13.1. The fourth-order valence-corrected chi connectivity index (χ4v) is 2.70. The van der Waals surface area contributed by atoms with Gasteiger partial charge in [0, 0.05) is 5.56 Å². The monoisotopic (exact) mass is 326 g/mol. The summed E-state index contributed by atoms with van der Waals surface area (Å²) in [7, 11) is 0. The Morgan fingerprint density at radius 2 is 1.96 bits per heavy atom. The highest BCUT2D eigenvalue weighted by atomic mass is 16.5. The average molecular weight is 326 g/mol. The van der Waals surface area contributed by atoms with Gasteiger partial charge >= 0.3 is 5.97 Å². The number of ether oxygens (including phenoxy) is 1. The molecule has 0 atom stereocenters. The van der Waals surface area contributed by atoms with Crippen LogP contribution in [0.2, 0.25) is 0 Å². The first-order chi connectivity index (χ1) is 11.6. The second kappa shape index (κ2) is 7.12. The van der Waals surface area contributed by atoms with Gasteiger partial charge in [0.25, 0.3) is 5.56 Å². The summed E-state index contributed by atoms with van der Waals surface area (Å²) in [4.78, 5) is 29.9. The predicted octanol–water partition coefficient (Wildman–Crippen LogP) is 2.28. The van der Waals surface area contributed by atoms with Gasteiger partial charge in [0.2, 0.25) is 0 Å². The second-order valence-electron chi connectivity index (χ2n) is 5.67. The summed E-state index contributed by atoms with van der Waals surface area (Å²) in [6.45, 7) is -0.366. The lowest BCUT2D eigenvalue weighted by Gasteiger charge is -2.13. The highest BCUT2D eigenvalue weighted by Gasteiger charge is 2.14. The van der Waals surface area contributed by atoms with Crippen LogP contribution in [-0.2, 0) is 17.6 Å². The lowest BCUT2D eigenvalue weighted by Crippen LogP contribution is -2.21. The van der Waals surface area contributed by atoms with Gasteiger partial charge in [-0.1, -0.05) is 18.2 Å². The van der Waals surface area contributed by atoms with E-state index in [9.17, 15) is 9.59 Å². The molecule has 0 saturated carbocycles. The summed E-state index contributed by atoms with van der Waals surface area (Å²) in [6.07, 6.45) is 7.39. The normalized spacial score (nSPS) is 13.7. The number of aromatic nitrogens is 2. The fourth-order valence-electron chi connectivity index (χ4n) is 2.70. The van der Waals surface area contributed by atoms with Gasteiger partial charge < -0.3 is 14.8 Å². The van der Waals surface area contributed by atoms with Gasteiger partial charge in [0.1, 0.15) is 11.6 Å². The van der Waals surface area contributed by atoms with E-state index in [1.807, 2.05) is 18.2 Å². The Kier molecular flexibility index (Phi) is 4.74. The van der Waals surface area contributed by atoms with Crippen molar-refractivity contribution in [3.63, 3.8) is 0 Å². The first-order valence-corrected chi connectivity index (χ1v) is 7.86. The summed E-state index contributed by atoms with van der Waals surface area (Å²) in [5.74, 6) is 0.0307. The standard InChI is InChI=1S/C18H18N2O4/c21-17(22)11-24-13-8-5-12(6-9-13)7-10-16-19-15-4-2-1-3-14(15)18(23)20-16/h5-10H,1-4,11H2,(H,21,22)(H,19,20,23)/b10-7+. The van der Waals surface area contributed by atoms with Gasteiger partial charge in [-0.05, 0) is 49.5 Å². The Morgan fingerprint density at radius 3 is 2.71 bits per heavy atom. The lowest BCUT2D eigenvalue weighted by molar-refractivity contribution is -0.139. The maximum absolute atomic E-state index is 12.1. The molecule has 0 spiro atoms. The number of nitrogens with one attached hydrogen (secondary N) is 1. The molecule has 3 rings (SSSR count). The second-order valence-corrected chi connectivity index (χ2v) is 5.67. The van der Waals surface area contributed by atoms with Crippen molar-refractivity contribution in [1.29, 1.82) is 0 Å². The molecule has 0 bridgehead atoms. The number of aromatic amines is 1. The summed E-state index contributed by atoms with van der Waals surface area (Å²) in [5, 5.41) is 8.57. The third-order valence-corrected chi connectivity index (χ3v) is 3.89. The number of nitrogens with zero attached hydrogens (tertiary/aromatic N) is 1. The zero-order chi connectivity index (χ0) is 16.9. The molecule has 124 valence electrons. The van der Waals surface area contributed by atoms with Gasteiger partial charge in [-0.15, -0.1) is 0 Å². The number of aliphatic carboxylic acids is 1. The van der Waals surface area contributed by atoms with E-state index in [1.54, 1.807) is 18.2 Å². The fraction of sp³-hybridized carbons (Fsp3) is 0.278. The quantitative estimate of drug-likeness (QED) is 0.879. The Morgan fingerprint density at radius 1 is 1.21 bits per heavy atom. The first kappa shape index (κ1) is 16.0. The molecular formula is C18H18N2O4. The van der Waals surface area contributed by atoms with Crippen molar-refractivity contribution in [2.24, 2.45) is 0 Å². The SMILES string of the molecule is O=C(O)COc1ccc(/C=C/c2nc3c(c(=O)[nH]2)CCCC3)cc1. The minimum Gasteiger partial charge on any atom is -0.482 e. The third-order valence-electron chi connectivity index (χ3n) is 3.89. The van der Waals surface area contributed by atoms with Crippen LogP contribution >= 0.6 is 0 Å². The molecule has 24 heavy (non-hydrogen) atoms. The van der Waals surface area contributed by atoms with E-state index in [0.29, 0.717) is 11.6 Å². The van der Waals surface area contributed by atoms with Crippen LogP contribution in [-0.4, -0.2) is 27.7 Å². The summed E-state index contributed by atoms with van der Waals surface area (Å²) < 4.78 is 5.08. The van der Waals surface area contributed by atoms with Gasteiger partial charge in [-0.3, -0.25) is 4.79 Å². The van der Waals surface area contributed by atoms with Crippen LogP contribution in [0.15, 0.2) is 29.1 Å². The van der Waals surface area contributed by atoms with Crippen molar-refractivity contribution in [2.45, 2.75) is 25.7 Å². The van der Waals surface area contributed by atoms with Crippen molar-refractivity contribution in [1.82, 2.24) is 9.97 Å². The van der Waals surface area contributed by atoms with Crippen LogP contribution < -0.4 is 10.3 Å². The van der Waals surface area contributed by atoms with E-state index >= 15 is 0 Å². The highest BCUT2D eigenvalue weighted by Crippen LogP contribution is 2.17. The van der Waals surface area contributed by atoms with Crippen molar-refractivity contribution in [2.75, 3.05) is 6.61 Å². The van der Waals surface area contributed by atoms with Crippen LogP contribution in [0.3, 0.4) is 0 Å². The molecule has 0 saturated heterocycles. The van der Waals surface area contributed by atoms with Crippen LogP contribution in [0.5, 0.6) is 5.75 Å². The number of hydrogen-bond donors (Lipinski definition) is 2. The number of hydrogen-bond acceptors (Lipinski definition) is 4. The first-order valence-electron chi connectivity index (χ1n) is 7.86. The molecule has 0 radical (unpaired) electrons. The number of carboxylic acid groups (broad SMARTS) is 1. The van der Waals surface area contributed by atoms with Crippen LogP contribution in [0.1, 0.15) is 35.5 Å². The molecule has 1 aliphatic carbocycles. The molecular weight excluding hydrogens is 308 g/mol. The van der Waals surface area contributed by atoms with E-state index < -0.39 is 5.97 Å². The molecule has 1 aliphatic rings. The van der Waals surface area contributed by atoms with E-state index in [0.717, 1.165) is 42.5 Å². The Hall–Kier alpha value is -2.89. The Bertz CT molecular complexity index is 822. The molecule has 2 aromatic rings. The topological polar surface area (TPSA) is 92.3 Å². The van der Waals surface area contributed by atoms with Crippen molar-refractivity contribution < 1.29 is 14.6 Å². The van der Waals surface area contributed by atoms with Crippen LogP contribution in [0.25, 0.3) is 12.2 Å². The smallest absolute Gasteiger partial charge is 0.341 e. The number of benzene rings is 1. The van der Waals surface area contributed by atoms with Gasteiger partial charge in [-0.25, -0.2) is 9.78 Å². The molecule has 0 aliphatic heterocycles. The van der Waals surface area contributed by atoms with E-state index in [2.05, 4.69) is 9.97 Å². The average Bonchev–Trinajstić information content (AvgIpc) is 2.59. The van der Waals surface area contributed by atoms with Gasteiger partial charge in [0.05, 0.1) is 5.69 Å². The van der Waals surface area contributed by atoms with Gasteiger partial charge in [-0.2, -0.15) is 0 Å². The van der Waals surface area contributed by atoms with Crippen molar-refractivity contribution >= 4 is 18.1 Å². The summed E-state index contributed by atoms with van der Waals surface area (Å²) >= 11 is 0. The maximum atomic E-state index is 12.1. The molecule has 0 unspecified atom stereocenters. The minimum atomic E-state index is -1.01. The van der Waals surface area contributed by atoms with Crippen molar-refractivity contribution in [3.05, 3.63) is 57.3 Å². The molecule has 6 heteroatoms. The molecule has 6 nitrogen and oxygen atoms in total. The molecule has 1 aromatic carbocycles. The number of aryl methyl sites for hydroxylation is 1. The largest absolute Gasteiger partial charge is 0.482 e. The summed E-state index contributed by atoms with van der Waals surface area (Å²) in [5.41, 5.74) is 2.58. The van der Waals surface area contributed by atoms with Gasteiger partial charge in [0.15, 0.2) is 6.61 Å². The maximum Gasteiger partial charge on any atom is 0.341 e. The molecule has 0 amide bonds. The van der Waals surface area contributed by atoms with Crippen LogP contribution in [0, 0.1) is 0 Å². The highest BCUT2D eigenvalue weighted by molar-refractivity contribution is 5.69. The number of fused-ring (bicyclic) bond motifs is 1. The zero-order valence-electron chi connectivity index (χ0n) is 13.1. The summed E-state index contributed by atoms with van der Waals surface area (Å²) in [6, 6.07) is 7.02. The third kappa shape index (κ3) is 3.90. The molecule has 2 N–H and O–H groups in total.